The van der Waals surface area contributed by atoms with Gasteiger partial charge >= 0.3 is 0 Å². The van der Waals surface area contributed by atoms with E-state index in [1.807, 2.05) is 35.7 Å². The van der Waals surface area contributed by atoms with Crippen LogP contribution < -0.4 is 10.1 Å². The average molecular weight is 370 g/mol. The van der Waals surface area contributed by atoms with E-state index in [-0.39, 0.29) is 11.3 Å². The van der Waals surface area contributed by atoms with E-state index < -0.39 is 0 Å². The van der Waals surface area contributed by atoms with Gasteiger partial charge in [0.15, 0.2) is 5.13 Å². The van der Waals surface area contributed by atoms with Crippen molar-refractivity contribution < 1.29 is 9.53 Å². The highest BCUT2D eigenvalue weighted by atomic mass is 32.1. The lowest BCUT2D eigenvalue weighted by atomic mass is 9.93. The third kappa shape index (κ3) is 3.07. The fraction of sp³-hybridized carbons (Fsp3) is 0.263. The Hall–Kier alpha value is -2.18. The van der Waals surface area contributed by atoms with Crippen LogP contribution in [0.5, 0.6) is 5.75 Å². The molecule has 1 amide bonds. The topological polar surface area (TPSA) is 51.2 Å². The van der Waals surface area contributed by atoms with Crippen molar-refractivity contribution in [2.45, 2.75) is 32.8 Å². The van der Waals surface area contributed by atoms with Crippen molar-refractivity contribution in [2.75, 3.05) is 5.32 Å². The van der Waals surface area contributed by atoms with E-state index in [0.29, 0.717) is 16.6 Å². The van der Waals surface area contributed by atoms with Crippen LogP contribution in [0.4, 0.5) is 5.13 Å². The Labute approximate surface area is 154 Å². The van der Waals surface area contributed by atoms with Crippen LogP contribution in [-0.4, -0.2) is 10.9 Å². The highest BCUT2D eigenvalue weighted by molar-refractivity contribution is 7.18. The Balaban J connectivity index is 1.59. The van der Waals surface area contributed by atoms with Crippen LogP contribution in [0.3, 0.4) is 0 Å². The van der Waals surface area contributed by atoms with Crippen molar-refractivity contribution in [2.24, 2.45) is 0 Å². The zero-order valence-electron chi connectivity index (χ0n) is 14.3. The van der Waals surface area contributed by atoms with Crippen molar-refractivity contribution in [3.8, 4) is 16.2 Å². The molecule has 4 nitrogen and oxygen atoms in total. The maximum Gasteiger partial charge on any atom is 0.267 e. The summed E-state index contributed by atoms with van der Waals surface area (Å²) in [7, 11) is 0. The van der Waals surface area contributed by atoms with Crippen LogP contribution in [0.1, 0.15) is 41.7 Å². The quantitative estimate of drug-likeness (QED) is 0.665. The van der Waals surface area contributed by atoms with Gasteiger partial charge in [0.25, 0.3) is 5.91 Å². The van der Waals surface area contributed by atoms with E-state index in [0.717, 1.165) is 27.4 Å². The first-order valence-electron chi connectivity index (χ1n) is 8.04. The summed E-state index contributed by atoms with van der Waals surface area (Å²) < 4.78 is 5.77. The van der Waals surface area contributed by atoms with Gasteiger partial charge in [-0.15, -0.1) is 22.7 Å². The number of nitrogens with one attached hydrogen (secondary N) is 1. The first-order valence-corrected chi connectivity index (χ1v) is 9.74. The molecule has 6 heteroatoms. The third-order valence-electron chi connectivity index (χ3n) is 4.04. The zero-order valence-corrected chi connectivity index (χ0v) is 15.9. The summed E-state index contributed by atoms with van der Waals surface area (Å²) in [6.07, 6.45) is 0. The predicted octanol–water partition coefficient (Wildman–Crippen LogP) is 5.31. The SMILES string of the molecule is CC(C)(C)c1csc(NC(=O)c2cc3c(s2)-c2ccccc2OC3)n1. The molecule has 3 heterocycles. The molecule has 0 unspecified atom stereocenters. The Morgan fingerprint density at radius 3 is 2.84 bits per heavy atom. The largest absolute Gasteiger partial charge is 0.488 e. The summed E-state index contributed by atoms with van der Waals surface area (Å²) in [4.78, 5) is 19.0. The maximum atomic E-state index is 12.6. The van der Waals surface area contributed by atoms with Crippen molar-refractivity contribution in [3.63, 3.8) is 0 Å². The number of amides is 1. The number of benzene rings is 1. The normalized spacial score (nSPS) is 12.9. The van der Waals surface area contributed by atoms with Gasteiger partial charge in [-0.2, -0.15) is 0 Å². The Morgan fingerprint density at radius 2 is 2.08 bits per heavy atom. The number of carbonyl (C=O) groups is 1. The molecule has 4 rings (SSSR count). The molecule has 25 heavy (non-hydrogen) atoms. The van der Waals surface area contributed by atoms with Gasteiger partial charge in [-0.1, -0.05) is 32.9 Å². The molecule has 1 aliphatic heterocycles. The number of thiophene rings is 1. The van der Waals surface area contributed by atoms with E-state index in [1.54, 1.807) is 0 Å². The van der Waals surface area contributed by atoms with E-state index >= 15 is 0 Å². The number of fused-ring (bicyclic) bond motifs is 3. The Bertz CT molecular complexity index is 950. The van der Waals surface area contributed by atoms with Crippen LogP contribution in [-0.2, 0) is 12.0 Å². The summed E-state index contributed by atoms with van der Waals surface area (Å²) in [6.45, 7) is 6.83. The highest BCUT2D eigenvalue weighted by Gasteiger charge is 2.23. The van der Waals surface area contributed by atoms with Gasteiger partial charge in [0.2, 0.25) is 0 Å². The minimum absolute atomic E-state index is 0.0252. The number of rotatable bonds is 2. The van der Waals surface area contributed by atoms with Gasteiger partial charge in [-0.05, 0) is 18.2 Å². The zero-order chi connectivity index (χ0) is 17.6. The van der Waals surface area contributed by atoms with Gasteiger partial charge < -0.3 is 4.74 Å². The van der Waals surface area contributed by atoms with Crippen molar-refractivity contribution in [3.05, 3.63) is 51.8 Å². The van der Waals surface area contributed by atoms with E-state index in [2.05, 4.69) is 31.1 Å². The van der Waals surface area contributed by atoms with Crippen LogP contribution in [0, 0.1) is 0 Å². The highest BCUT2D eigenvalue weighted by Crippen LogP contribution is 2.42. The fourth-order valence-electron chi connectivity index (χ4n) is 2.65. The van der Waals surface area contributed by atoms with E-state index in [4.69, 9.17) is 4.74 Å². The number of hydrogen-bond donors (Lipinski definition) is 1. The average Bonchev–Trinajstić information content (AvgIpc) is 3.21. The number of aromatic nitrogens is 1. The van der Waals surface area contributed by atoms with Crippen molar-refractivity contribution in [1.82, 2.24) is 4.98 Å². The van der Waals surface area contributed by atoms with Crippen LogP contribution in [0.2, 0.25) is 0 Å². The van der Waals surface area contributed by atoms with Gasteiger partial charge in [-0.25, -0.2) is 4.98 Å². The number of para-hydroxylation sites is 1. The standard InChI is InChI=1S/C19H18N2O2S2/c1-19(2,3)15-10-24-18(20-15)21-17(22)14-8-11-9-23-13-7-5-4-6-12(13)16(11)25-14/h4-8,10H,9H2,1-3H3,(H,20,21,22). The molecule has 0 spiro atoms. The second-order valence-corrected chi connectivity index (χ2v) is 8.90. The molecular formula is C19H18N2O2S2. The molecule has 0 fully saturated rings. The number of thiazole rings is 1. The molecule has 1 aliphatic rings. The molecule has 2 aromatic heterocycles. The molecule has 0 saturated heterocycles. The molecule has 0 radical (unpaired) electrons. The van der Waals surface area contributed by atoms with Gasteiger partial charge in [-0.3, -0.25) is 10.1 Å². The molecule has 3 aromatic rings. The molecular weight excluding hydrogens is 352 g/mol. The van der Waals surface area contributed by atoms with E-state index in [9.17, 15) is 4.79 Å². The number of ether oxygens (including phenoxy) is 1. The van der Waals surface area contributed by atoms with Gasteiger partial charge in [0.1, 0.15) is 12.4 Å². The van der Waals surface area contributed by atoms with Gasteiger partial charge in [0.05, 0.1) is 10.6 Å². The number of hydrogen-bond acceptors (Lipinski definition) is 5. The fourth-order valence-corrected chi connectivity index (χ4v) is 4.67. The second kappa shape index (κ2) is 5.97. The third-order valence-corrected chi connectivity index (χ3v) is 6.01. The summed E-state index contributed by atoms with van der Waals surface area (Å²) in [6, 6.07) is 9.85. The number of anilines is 1. The monoisotopic (exact) mass is 370 g/mol. The van der Waals surface area contributed by atoms with Crippen molar-refractivity contribution in [1.29, 1.82) is 0 Å². The smallest absolute Gasteiger partial charge is 0.267 e. The molecule has 0 bridgehead atoms. The first-order chi connectivity index (χ1) is 11.9. The molecule has 0 atom stereocenters. The lowest BCUT2D eigenvalue weighted by Crippen LogP contribution is -2.13. The maximum absolute atomic E-state index is 12.6. The van der Waals surface area contributed by atoms with Crippen molar-refractivity contribution >= 4 is 33.7 Å². The summed E-state index contributed by atoms with van der Waals surface area (Å²) >= 11 is 2.96. The molecule has 1 aromatic carbocycles. The molecule has 128 valence electrons. The summed E-state index contributed by atoms with van der Waals surface area (Å²) in [5.41, 5.74) is 3.07. The Kier molecular flexibility index (Phi) is 3.89. The minimum Gasteiger partial charge on any atom is -0.488 e. The van der Waals surface area contributed by atoms with Gasteiger partial charge in [0, 0.05) is 26.8 Å². The first kappa shape index (κ1) is 16.3. The predicted molar refractivity (Wildman–Crippen MR) is 103 cm³/mol. The van der Waals surface area contributed by atoms with Crippen LogP contribution in [0.15, 0.2) is 35.7 Å². The lowest BCUT2D eigenvalue weighted by Gasteiger charge is -2.16. The van der Waals surface area contributed by atoms with Crippen LogP contribution in [0.25, 0.3) is 10.4 Å². The lowest BCUT2D eigenvalue weighted by molar-refractivity contribution is 0.103. The Morgan fingerprint density at radius 1 is 1.28 bits per heavy atom. The second-order valence-electron chi connectivity index (χ2n) is 6.99. The number of nitrogens with zero attached hydrogens (tertiary/aromatic N) is 1. The van der Waals surface area contributed by atoms with E-state index in [1.165, 1.54) is 22.7 Å². The molecule has 0 saturated carbocycles. The summed E-state index contributed by atoms with van der Waals surface area (Å²) in [5.74, 6) is 0.755. The van der Waals surface area contributed by atoms with Crippen LogP contribution >= 0.6 is 22.7 Å². The minimum atomic E-state index is -0.119. The molecule has 1 N–H and O–H groups in total. The summed E-state index contributed by atoms with van der Waals surface area (Å²) in [5, 5.41) is 5.56. The molecule has 0 aliphatic carbocycles. The number of carbonyl (C=O) groups excluding carboxylic acids is 1.